The Balaban J connectivity index is 1.92. The number of carbonyl (C=O) groups excluding carboxylic acids is 4. The van der Waals surface area contributed by atoms with E-state index in [0.29, 0.717) is 17.1 Å². The van der Waals surface area contributed by atoms with Crippen LogP contribution in [0.3, 0.4) is 0 Å². The molecule has 1 heterocycles. The maximum Gasteiger partial charge on any atom is 0.336 e. The van der Waals surface area contributed by atoms with Gasteiger partial charge in [-0.25, -0.2) is 9.59 Å². The molecule has 0 aromatic heterocycles. The van der Waals surface area contributed by atoms with E-state index in [9.17, 15) is 19.2 Å². The van der Waals surface area contributed by atoms with Gasteiger partial charge in [-0.2, -0.15) is 4.90 Å². The predicted octanol–water partition coefficient (Wildman–Crippen LogP) is 1.02. The third-order valence-corrected chi connectivity index (χ3v) is 4.36. The lowest BCUT2D eigenvalue weighted by Gasteiger charge is -2.23. The predicted molar refractivity (Wildman–Crippen MR) is 84.8 cm³/mol. The van der Waals surface area contributed by atoms with Crippen molar-refractivity contribution in [3.05, 3.63) is 41.5 Å². The zero-order chi connectivity index (χ0) is 18.2. The molecular weight excluding hydrogens is 328 g/mol. The number of hydrogen-bond donors (Lipinski definition) is 1. The Labute approximate surface area is 143 Å². The monoisotopic (exact) mass is 344 g/mol. The second-order valence-corrected chi connectivity index (χ2v) is 5.66. The molecule has 8 heteroatoms. The van der Waals surface area contributed by atoms with Crippen LogP contribution in [0.1, 0.15) is 23.2 Å². The van der Waals surface area contributed by atoms with E-state index in [0.717, 1.165) is 0 Å². The van der Waals surface area contributed by atoms with Gasteiger partial charge in [0.25, 0.3) is 11.8 Å². The number of rotatable bonds is 3. The first kappa shape index (κ1) is 16.7. The number of hydrogen-bond acceptors (Lipinski definition) is 6. The minimum Gasteiger partial charge on any atom is -0.497 e. The molecule has 1 spiro atoms. The number of methoxy groups -OCH3 is 2. The summed E-state index contributed by atoms with van der Waals surface area (Å²) in [4.78, 5) is 50.3. The van der Waals surface area contributed by atoms with E-state index >= 15 is 0 Å². The molecule has 25 heavy (non-hydrogen) atoms. The van der Waals surface area contributed by atoms with Gasteiger partial charge in [0.2, 0.25) is 0 Å². The Morgan fingerprint density at radius 1 is 1.16 bits per heavy atom. The summed E-state index contributed by atoms with van der Waals surface area (Å²) in [7, 11) is 2.68. The average Bonchev–Trinajstić information content (AvgIpc) is 3.15. The van der Waals surface area contributed by atoms with Gasteiger partial charge in [-0.1, -0.05) is 6.08 Å². The number of carbonyl (C=O) groups is 4. The molecule has 1 aliphatic carbocycles. The number of urea groups is 1. The Hall–Kier alpha value is -3.16. The minimum atomic E-state index is -1.54. The van der Waals surface area contributed by atoms with Crippen LogP contribution in [0.5, 0.6) is 5.75 Å². The van der Waals surface area contributed by atoms with E-state index < -0.39 is 29.4 Å². The molecule has 0 unspecified atom stereocenters. The highest BCUT2D eigenvalue weighted by molar-refractivity contribution is 6.25. The van der Waals surface area contributed by atoms with Crippen LogP contribution in [0.25, 0.3) is 0 Å². The lowest BCUT2D eigenvalue weighted by Crippen LogP contribution is -2.49. The molecule has 1 aliphatic heterocycles. The van der Waals surface area contributed by atoms with Crippen molar-refractivity contribution in [3.8, 4) is 5.75 Å². The summed E-state index contributed by atoms with van der Waals surface area (Å²) in [5.74, 6) is -1.70. The Morgan fingerprint density at radius 2 is 1.84 bits per heavy atom. The van der Waals surface area contributed by atoms with Crippen LogP contribution in [0, 0.1) is 0 Å². The lowest BCUT2D eigenvalue weighted by atomic mass is 9.91. The standard InChI is InChI=1S/C17H16N2O6/c1-24-11-7-5-10(6-8-11)13(20)19-15(22)17(18-16(19)23)9-3-4-12(17)14(21)25-2/h4-8H,3,9H2,1-2H3,(H,18,23)/t17-/m1/s1. The summed E-state index contributed by atoms with van der Waals surface area (Å²) < 4.78 is 9.70. The van der Waals surface area contributed by atoms with Crippen LogP contribution in [0.15, 0.2) is 35.9 Å². The molecule has 0 radical (unpaired) electrons. The number of ether oxygens (including phenoxy) is 2. The number of nitrogens with zero attached hydrogens (tertiary/aromatic N) is 1. The van der Waals surface area contributed by atoms with Gasteiger partial charge in [0, 0.05) is 5.56 Å². The molecule has 0 bridgehead atoms. The zero-order valence-corrected chi connectivity index (χ0v) is 13.7. The average molecular weight is 344 g/mol. The lowest BCUT2D eigenvalue weighted by molar-refractivity contribution is -0.139. The quantitative estimate of drug-likeness (QED) is 0.499. The van der Waals surface area contributed by atoms with Crippen molar-refractivity contribution in [2.75, 3.05) is 14.2 Å². The number of benzene rings is 1. The van der Waals surface area contributed by atoms with Crippen LogP contribution in [0.4, 0.5) is 4.79 Å². The Bertz CT molecular complexity index is 798. The van der Waals surface area contributed by atoms with Crippen molar-refractivity contribution in [1.29, 1.82) is 0 Å². The van der Waals surface area contributed by atoms with Crippen molar-refractivity contribution in [2.45, 2.75) is 18.4 Å². The molecule has 2 aliphatic rings. The Morgan fingerprint density at radius 3 is 2.44 bits per heavy atom. The molecule has 1 aromatic rings. The second-order valence-electron chi connectivity index (χ2n) is 5.66. The summed E-state index contributed by atoms with van der Waals surface area (Å²) in [6.07, 6.45) is 2.17. The van der Waals surface area contributed by atoms with Gasteiger partial charge < -0.3 is 14.8 Å². The van der Waals surface area contributed by atoms with Gasteiger partial charge in [0.15, 0.2) is 5.54 Å². The third kappa shape index (κ3) is 2.46. The van der Waals surface area contributed by atoms with Crippen molar-refractivity contribution >= 4 is 23.8 Å². The zero-order valence-electron chi connectivity index (χ0n) is 13.7. The fourth-order valence-corrected chi connectivity index (χ4v) is 3.08. The van der Waals surface area contributed by atoms with E-state index in [1.807, 2.05) is 0 Å². The molecule has 0 saturated carbocycles. The molecule has 1 saturated heterocycles. The molecule has 130 valence electrons. The van der Waals surface area contributed by atoms with Gasteiger partial charge in [-0.05, 0) is 37.1 Å². The summed E-state index contributed by atoms with van der Waals surface area (Å²) in [5, 5.41) is 2.49. The first-order valence-corrected chi connectivity index (χ1v) is 7.58. The molecule has 1 aromatic carbocycles. The van der Waals surface area contributed by atoms with Crippen molar-refractivity contribution < 1.29 is 28.7 Å². The maximum absolute atomic E-state index is 12.9. The number of esters is 1. The molecular formula is C17H16N2O6. The number of nitrogens with one attached hydrogen (secondary N) is 1. The molecule has 8 nitrogen and oxygen atoms in total. The summed E-state index contributed by atoms with van der Waals surface area (Å²) in [6.45, 7) is 0. The van der Waals surface area contributed by atoms with Gasteiger partial charge in [-0.15, -0.1) is 0 Å². The number of amides is 4. The highest BCUT2D eigenvalue weighted by Crippen LogP contribution is 2.37. The van der Waals surface area contributed by atoms with Crippen LogP contribution in [-0.4, -0.2) is 48.5 Å². The van der Waals surface area contributed by atoms with Gasteiger partial charge in [-0.3, -0.25) is 9.59 Å². The fourth-order valence-electron chi connectivity index (χ4n) is 3.08. The second kappa shape index (κ2) is 6.04. The number of allylic oxidation sites excluding steroid dienone is 1. The fraction of sp³-hybridized carbons (Fsp3) is 0.294. The van der Waals surface area contributed by atoms with E-state index in [-0.39, 0.29) is 17.6 Å². The van der Waals surface area contributed by atoms with E-state index in [2.05, 4.69) is 10.1 Å². The highest BCUT2D eigenvalue weighted by Gasteiger charge is 2.58. The van der Waals surface area contributed by atoms with Crippen LogP contribution in [0.2, 0.25) is 0 Å². The smallest absolute Gasteiger partial charge is 0.336 e. The van der Waals surface area contributed by atoms with Gasteiger partial charge in [0.1, 0.15) is 5.75 Å². The number of imide groups is 3. The minimum absolute atomic E-state index is 0.0541. The largest absolute Gasteiger partial charge is 0.497 e. The summed E-state index contributed by atoms with van der Waals surface area (Å²) >= 11 is 0. The van der Waals surface area contributed by atoms with Crippen LogP contribution in [-0.2, 0) is 14.3 Å². The molecule has 1 fully saturated rings. The topological polar surface area (TPSA) is 102 Å². The van der Waals surface area contributed by atoms with E-state index in [4.69, 9.17) is 4.74 Å². The SMILES string of the molecule is COC(=O)C1=CCC[C@@]12NC(=O)N(C(=O)c1ccc(OC)cc1)C2=O. The van der Waals surface area contributed by atoms with Gasteiger partial charge in [0.05, 0.1) is 19.8 Å². The van der Waals surface area contributed by atoms with Crippen molar-refractivity contribution in [2.24, 2.45) is 0 Å². The van der Waals surface area contributed by atoms with Crippen molar-refractivity contribution in [3.63, 3.8) is 0 Å². The first-order valence-electron chi connectivity index (χ1n) is 7.58. The molecule has 3 rings (SSSR count). The van der Waals surface area contributed by atoms with E-state index in [1.54, 1.807) is 18.2 Å². The molecule has 1 atom stereocenters. The maximum atomic E-state index is 12.9. The molecule has 1 N–H and O–H groups in total. The van der Waals surface area contributed by atoms with Gasteiger partial charge >= 0.3 is 12.0 Å². The van der Waals surface area contributed by atoms with Crippen molar-refractivity contribution in [1.82, 2.24) is 10.2 Å². The highest BCUT2D eigenvalue weighted by atomic mass is 16.5. The third-order valence-electron chi connectivity index (χ3n) is 4.36. The summed E-state index contributed by atoms with van der Waals surface area (Å²) in [5.41, 5.74) is -1.33. The van der Waals surface area contributed by atoms with Crippen LogP contribution < -0.4 is 10.1 Å². The Kier molecular flexibility index (Phi) is 4.03. The van der Waals surface area contributed by atoms with Crippen LogP contribution >= 0.6 is 0 Å². The first-order chi connectivity index (χ1) is 11.9. The molecule has 4 amide bonds. The summed E-state index contributed by atoms with van der Waals surface area (Å²) in [6, 6.07) is 5.16. The normalized spacial score (nSPS) is 22.0. The van der Waals surface area contributed by atoms with E-state index in [1.165, 1.54) is 26.4 Å².